The van der Waals surface area contributed by atoms with Gasteiger partial charge in [0.1, 0.15) is 0 Å². The standard InChI is InChI=1S/C25H27NO3/c1-18(23-11-5-7-19-6-2-3-10-24(19)23)12-13-22-17-29-15-14-26(22)21-9-4-8-20(16-21)25(27)28/h2-11,16,18,22H,12-15,17H2,1H3,(H,27,28)/t18-,22?/m0/s1. The van der Waals surface area contributed by atoms with E-state index in [1.807, 2.05) is 12.1 Å². The average molecular weight is 389 g/mol. The number of nitrogens with zero attached hydrogens (tertiary/aromatic N) is 1. The number of benzene rings is 3. The molecular formula is C25H27NO3. The van der Waals surface area contributed by atoms with E-state index in [0.717, 1.165) is 25.1 Å². The lowest BCUT2D eigenvalue weighted by molar-refractivity contribution is 0.0696. The second-order valence-electron chi connectivity index (χ2n) is 7.82. The summed E-state index contributed by atoms with van der Waals surface area (Å²) in [5, 5.41) is 11.9. The lowest BCUT2D eigenvalue weighted by Crippen LogP contribution is -2.45. The van der Waals surface area contributed by atoms with Crippen molar-refractivity contribution in [3.05, 3.63) is 77.9 Å². The number of carbonyl (C=O) groups is 1. The summed E-state index contributed by atoms with van der Waals surface area (Å²) in [4.78, 5) is 13.7. The predicted octanol–water partition coefficient (Wildman–Crippen LogP) is 5.33. The van der Waals surface area contributed by atoms with Gasteiger partial charge >= 0.3 is 5.97 Å². The van der Waals surface area contributed by atoms with E-state index in [-0.39, 0.29) is 6.04 Å². The van der Waals surface area contributed by atoms with Crippen LogP contribution in [0.25, 0.3) is 10.8 Å². The normalized spacial score (nSPS) is 18.0. The highest BCUT2D eigenvalue weighted by Gasteiger charge is 2.24. The summed E-state index contributed by atoms with van der Waals surface area (Å²) >= 11 is 0. The maximum Gasteiger partial charge on any atom is 0.335 e. The van der Waals surface area contributed by atoms with Crippen molar-refractivity contribution in [2.75, 3.05) is 24.7 Å². The van der Waals surface area contributed by atoms with Gasteiger partial charge in [0.2, 0.25) is 0 Å². The number of fused-ring (bicyclic) bond motifs is 1. The molecule has 150 valence electrons. The fourth-order valence-corrected chi connectivity index (χ4v) is 4.33. The molecule has 1 aliphatic rings. The van der Waals surface area contributed by atoms with Crippen LogP contribution in [0.4, 0.5) is 5.69 Å². The Morgan fingerprint density at radius 2 is 1.93 bits per heavy atom. The molecule has 3 aromatic carbocycles. The van der Waals surface area contributed by atoms with Gasteiger partial charge in [-0.3, -0.25) is 0 Å². The minimum Gasteiger partial charge on any atom is -0.478 e. The summed E-state index contributed by atoms with van der Waals surface area (Å²) < 4.78 is 5.76. The Hall–Kier alpha value is -2.85. The SMILES string of the molecule is C[C@@H](CCC1COCCN1c1cccc(C(=O)O)c1)c1cccc2ccccc12. The molecule has 0 aliphatic carbocycles. The lowest BCUT2D eigenvalue weighted by atomic mass is 9.90. The van der Waals surface area contributed by atoms with E-state index in [2.05, 4.69) is 54.3 Å². The van der Waals surface area contributed by atoms with Gasteiger partial charge in [0, 0.05) is 12.2 Å². The van der Waals surface area contributed by atoms with Crippen molar-refractivity contribution in [2.45, 2.75) is 31.7 Å². The molecule has 1 saturated heterocycles. The highest BCUT2D eigenvalue weighted by Crippen LogP contribution is 2.31. The molecule has 4 nitrogen and oxygen atoms in total. The maximum atomic E-state index is 11.4. The Balaban J connectivity index is 1.50. The third-order valence-corrected chi connectivity index (χ3v) is 5.94. The van der Waals surface area contributed by atoms with Crippen LogP contribution in [0.5, 0.6) is 0 Å². The topological polar surface area (TPSA) is 49.8 Å². The van der Waals surface area contributed by atoms with E-state index in [0.29, 0.717) is 24.7 Å². The van der Waals surface area contributed by atoms with Gasteiger partial charge in [-0.15, -0.1) is 0 Å². The van der Waals surface area contributed by atoms with Gasteiger partial charge < -0.3 is 14.7 Å². The minimum atomic E-state index is -0.888. The van der Waals surface area contributed by atoms with Crippen molar-refractivity contribution in [3.63, 3.8) is 0 Å². The lowest BCUT2D eigenvalue weighted by Gasteiger charge is -2.38. The first-order valence-corrected chi connectivity index (χ1v) is 10.3. The van der Waals surface area contributed by atoms with Gasteiger partial charge in [0.15, 0.2) is 0 Å². The molecule has 4 heteroatoms. The molecule has 1 heterocycles. The van der Waals surface area contributed by atoms with E-state index in [9.17, 15) is 9.90 Å². The summed E-state index contributed by atoms with van der Waals surface area (Å²) in [5.41, 5.74) is 2.69. The Kier molecular flexibility index (Phi) is 5.81. The first kappa shape index (κ1) is 19.5. The molecule has 1 aliphatic heterocycles. The smallest absolute Gasteiger partial charge is 0.335 e. The molecule has 0 spiro atoms. The minimum absolute atomic E-state index is 0.255. The zero-order valence-corrected chi connectivity index (χ0v) is 16.8. The summed E-state index contributed by atoms with van der Waals surface area (Å²) in [6, 6.07) is 22.6. The predicted molar refractivity (Wildman–Crippen MR) is 117 cm³/mol. The van der Waals surface area contributed by atoms with Crippen LogP contribution in [-0.4, -0.2) is 36.9 Å². The van der Waals surface area contributed by atoms with Crippen molar-refractivity contribution < 1.29 is 14.6 Å². The van der Waals surface area contributed by atoms with Crippen LogP contribution < -0.4 is 4.90 Å². The number of hydrogen-bond acceptors (Lipinski definition) is 3. The van der Waals surface area contributed by atoms with Crippen molar-refractivity contribution in [3.8, 4) is 0 Å². The molecule has 0 amide bonds. The van der Waals surface area contributed by atoms with Gasteiger partial charge in [0.25, 0.3) is 0 Å². The number of hydrogen-bond donors (Lipinski definition) is 1. The van der Waals surface area contributed by atoms with E-state index in [1.165, 1.54) is 16.3 Å². The van der Waals surface area contributed by atoms with E-state index in [1.54, 1.807) is 12.1 Å². The Bertz CT molecular complexity index is 995. The Morgan fingerprint density at radius 1 is 1.14 bits per heavy atom. The summed E-state index contributed by atoms with van der Waals surface area (Å²) in [6.07, 6.45) is 2.05. The number of rotatable bonds is 6. The molecule has 0 aromatic heterocycles. The van der Waals surface area contributed by atoms with Crippen LogP contribution in [0.1, 0.15) is 41.6 Å². The molecule has 0 saturated carbocycles. The average Bonchev–Trinajstić information content (AvgIpc) is 2.77. The third kappa shape index (κ3) is 4.28. The molecule has 0 bridgehead atoms. The first-order chi connectivity index (χ1) is 14.1. The number of anilines is 1. The molecular weight excluding hydrogens is 362 g/mol. The fourth-order valence-electron chi connectivity index (χ4n) is 4.33. The molecule has 1 unspecified atom stereocenters. The maximum absolute atomic E-state index is 11.4. The summed E-state index contributed by atoms with van der Waals surface area (Å²) in [5.74, 6) is -0.448. The molecule has 0 radical (unpaired) electrons. The zero-order valence-electron chi connectivity index (χ0n) is 16.8. The quantitative estimate of drug-likeness (QED) is 0.619. The van der Waals surface area contributed by atoms with Gasteiger partial charge in [-0.1, -0.05) is 55.5 Å². The van der Waals surface area contributed by atoms with Crippen molar-refractivity contribution in [2.24, 2.45) is 0 Å². The van der Waals surface area contributed by atoms with Crippen LogP contribution in [-0.2, 0) is 4.74 Å². The van der Waals surface area contributed by atoms with Crippen LogP contribution in [0.15, 0.2) is 66.7 Å². The summed E-state index contributed by atoms with van der Waals surface area (Å²) in [6.45, 7) is 4.43. The molecule has 4 rings (SSSR count). The highest BCUT2D eigenvalue weighted by molar-refractivity contribution is 5.89. The van der Waals surface area contributed by atoms with Crippen LogP contribution in [0.2, 0.25) is 0 Å². The third-order valence-electron chi connectivity index (χ3n) is 5.94. The number of carboxylic acids is 1. The number of morpholine rings is 1. The Labute approximate surface area is 171 Å². The largest absolute Gasteiger partial charge is 0.478 e. The van der Waals surface area contributed by atoms with Gasteiger partial charge in [0.05, 0.1) is 24.8 Å². The fraction of sp³-hybridized carbons (Fsp3) is 0.320. The van der Waals surface area contributed by atoms with Gasteiger partial charge in [-0.2, -0.15) is 0 Å². The van der Waals surface area contributed by atoms with Gasteiger partial charge in [-0.05, 0) is 53.3 Å². The molecule has 1 N–H and O–H groups in total. The zero-order chi connectivity index (χ0) is 20.2. The first-order valence-electron chi connectivity index (χ1n) is 10.3. The van der Waals surface area contributed by atoms with Gasteiger partial charge in [-0.25, -0.2) is 4.79 Å². The number of ether oxygens (including phenoxy) is 1. The Morgan fingerprint density at radius 3 is 2.79 bits per heavy atom. The monoisotopic (exact) mass is 389 g/mol. The van der Waals surface area contributed by atoms with Crippen LogP contribution in [0, 0.1) is 0 Å². The molecule has 2 atom stereocenters. The van der Waals surface area contributed by atoms with E-state index in [4.69, 9.17) is 4.74 Å². The molecule has 3 aromatic rings. The van der Waals surface area contributed by atoms with Crippen molar-refractivity contribution in [1.29, 1.82) is 0 Å². The van der Waals surface area contributed by atoms with E-state index < -0.39 is 5.97 Å². The van der Waals surface area contributed by atoms with Crippen molar-refractivity contribution >= 4 is 22.4 Å². The molecule has 1 fully saturated rings. The van der Waals surface area contributed by atoms with Crippen LogP contribution >= 0.6 is 0 Å². The number of carboxylic acid groups (broad SMARTS) is 1. The van der Waals surface area contributed by atoms with Crippen LogP contribution in [0.3, 0.4) is 0 Å². The second kappa shape index (κ2) is 8.66. The second-order valence-corrected chi connectivity index (χ2v) is 7.82. The molecule has 29 heavy (non-hydrogen) atoms. The van der Waals surface area contributed by atoms with Crippen molar-refractivity contribution in [1.82, 2.24) is 0 Å². The summed E-state index contributed by atoms with van der Waals surface area (Å²) in [7, 11) is 0. The van der Waals surface area contributed by atoms with E-state index >= 15 is 0 Å². The number of aromatic carboxylic acids is 1. The highest BCUT2D eigenvalue weighted by atomic mass is 16.5.